The van der Waals surface area contributed by atoms with Crippen molar-refractivity contribution in [2.75, 3.05) is 11.5 Å². The average molecular weight is 641 g/mol. The van der Waals surface area contributed by atoms with Gasteiger partial charge in [-0.2, -0.15) is 38.1 Å². The molecule has 0 heterocycles. The summed E-state index contributed by atoms with van der Waals surface area (Å²) >= 11 is 16.2. The van der Waals surface area contributed by atoms with E-state index in [1.165, 1.54) is 11.8 Å². The highest BCUT2D eigenvalue weighted by Gasteiger charge is 2.41. The zero-order valence-corrected chi connectivity index (χ0v) is 22.5. The Labute approximate surface area is 225 Å². The summed E-state index contributed by atoms with van der Waals surface area (Å²) in [5, 5.41) is 2.11. The van der Waals surface area contributed by atoms with E-state index in [1.54, 1.807) is 6.92 Å². The summed E-state index contributed by atoms with van der Waals surface area (Å²) in [6, 6.07) is 3.25. The van der Waals surface area contributed by atoms with Gasteiger partial charge in [0.05, 0.1) is 25.6 Å². The first-order valence-electron chi connectivity index (χ1n) is 10.2. The van der Waals surface area contributed by atoms with Crippen LogP contribution in [0.15, 0.2) is 40.9 Å². The topological polar surface area (TPSA) is 29.1 Å². The Morgan fingerprint density at radius 1 is 1.11 bits per heavy atom. The number of amides is 1. The van der Waals surface area contributed by atoms with Crippen LogP contribution in [0.3, 0.4) is 0 Å². The van der Waals surface area contributed by atoms with Crippen molar-refractivity contribution in [2.45, 2.75) is 38.2 Å². The number of carbonyl (C=O) groups excluding carboxylic acids is 1. The normalized spacial score (nSPS) is 14.5. The summed E-state index contributed by atoms with van der Waals surface area (Å²) in [5.74, 6) is -3.96. The van der Waals surface area contributed by atoms with Crippen LogP contribution in [-0.2, 0) is 6.18 Å². The number of rotatable bonds is 8. The second-order valence-corrected chi connectivity index (χ2v) is 10.6. The van der Waals surface area contributed by atoms with Gasteiger partial charge in [0.2, 0.25) is 0 Å². The Morgan fingerprint density at radius 2 is 1.69 bits per heavy atom. The highest BCUT2D eigenvalue weighted by Crippen LogP contribution is 2.43. The van der Waals surface area contributed by atoms with Crippen LogP contribution in [0.5, 0.6) is 0 Å². The number of thioether (sulfide) groups is 1. The van der Waals surface area contributed by atoms with Gasteiger partial charge in [0, 0.05) is 17.4 Å². The second-order valence-electron chi connectivity index (χ2n) is 7.62. The van der Waals surface area contributed by atoms with Gasteiger partial charge in [-0.15, -0.1) is 0 Å². The summed E-state index contributed by atoms with van der Waals surface area (Å²) in [5.41, 5.74) is -3.54. The molecule has 0 aliphatic carbocycles. The zero-order chi connectivity index (χ0) is 27.4. The predicted molar refractivity (Wildman–Crippen MR) is 133 cm³/mol. The minimum absolute atomic E-state index is 0.131. The largest absolute Gasteiger partial charge is 0.417 e. The smallest absolute Gasteiger partial charge is 0.349 e. The third kappa shape index (κ3) is 8.03. The van der Waals surface area contributed by atoms with Gasteiger partial charge < -0.3 is 5.32 Å². The van der Waals surface area contributed by atoms with Gasteiger partial charge in [0.25, 0.3) is 5.91 Å². The molecule has 0 aliphatic heterocycles. The molecule has 0 fully saturated rings. The standard InChI is InChI=1S/C23H19BrCl2F7NOS/c1-3-36-10-11(2)34-21(35)14-5-4-12(6-16(14)23(31,32)33)19(27)9-15(22(28,29)30)13-7-17(25)20(24)18(26)8-13/h4-9,11,15H,3,10H2,1-2H3,(H,34,35)/b19-9-. The highest BCUT2D eigenvalue weighted by molar-refractivity contribution is 9.10. The molecular formula is C23H19BrCl2F7NOS. The molecule has 2 aromatic carbocycles. The summed E-state index contributed by atoms with van der Waals surface area (Å²) in [6.45, 7) is 3.49. The third-order valence-electron chi connectivity index (χ3n) is 4.83. The molecule has 36 heavy (non-hydrogen) atoms. The Hall–Kier alpha value is -1.43. The fraction of sp³-hybridized carbons (Fsp3) is 0.348. The first-order valence-corrected chi connectivity index (χ1v) is 12.9. The quantitative estimate of drug-likeness (QED) is 0.230. The SMILES string of the molecule is CCSCC(C)NC(=O)c1ccc(/C(F)=C/C(c2cc(Cl)c(Br)c(Cl)c2)C(F)(F)F)cc1C(F)(F)F. The first-order chi connectivity index (χ1) is 16.6. The zero-order valence-electron chi connectivity index (χ0n) is 18.6. The lowest BCUT2D eigenvalue weighted by Gasteiger charge is -2.19. The van der Waals surface area contributed by atoms with Gasteiger partial charge in [-0.1, -0.05) is 36.2 Å². The molecule has 0 saturated heterocycles. The molecule has 0 aliphatic rings. The van der Waals surface area contributed by atoms with Crippen LogP contribution in [-0.4, -0.2) is 29.6 Å². The molecule has 1 N–H and O–H groups in total. The third-order valence-corrected chi connectivity index (χ3v) is 7.88. The maximum atomic E-state index is 14.9. The molecule has 13 heteroatoms. The molecule has 0 spiro atoms. The molecule has 198 valence electrons. The van der Waals surface area contributed by atoms with Gasteiger partial charge in [-0.3, -0.25) is 4.79 Å². The van der Waals surface area contributed by atoms with Crippen molar-refractivity contribution in [1.82, 2.24) is 5.32 Å². The van der Waals surface area contributed by atoms with E-state index in [2.05, 4.69) is 21.2 Å². The van der Waals surface area contributed by atoms with E-state index < -0.39 is 58.3 Å². The first kappa shape index (κ1) is 30.8. The second kappa shape index (κ2) is 12.4. The molecule has 0 radical (unpaired) electrons. The van der Waals surface area contributed by atoms with Crippen LogP contribution < -0.4 is 5.32 Å². The van der Waals surface area contributed by atoms with Crippen molar-refractivity contribution in [2.24, 2.45) is 0 Å². The summed E-state index contributed by atoms with van der Waals surface area (Å²) < 4.78 is 97.4. The lowest BCUT2D eigenvalue weighted by molar-refractivity contribution is -0.140. The number of allylic oxidation sites excluding steroid dienone is 1. The Morgan fingerprint density at radius 3 is 2.19 bits per heavy atom. The number of carbonyl (C=O) groups is 1. The van der Waals surface area contributed by atoms with Crippen molar-refractivity contribution >= 4 is 62.6 Å². The van der Waals surface area contributed by atoms with Crippen molar-refractivity contribution in [3.8, 4) is 0 Å². The molecule has 1 amide bonds. The lowest BCUT2D eigenvalue weighted by Crippen LogP contribution is -2.35. The Kier molecular flexibility index (Phi) is 10.6. The van der Waals surface area contributed by atoms with E-state index in [-0.39, 0.29) is 20.6 Å². The number of halogens is 10. The van der Waals surface area contributed by atoms with E-state index in [4.69, 9.17) is 23.2 Å². The number of nitrogens with one attached hydrogen (secondary N) is 1. The van der Waals surface area contributed by atoms with Crippen LogP contribution in [0.2, 0.25) is 10.0 Å². The molecule has 0 saturated carbocycles. The molecule has 2 rings (SSSR count). The van der Waals surface area contributed by atoms with E-state index in [0.717, 1.165) is 30.0 Å². The minimum atomic E-state index is -5.07. The summed E-state index contributed by atoms with van der Waals surface area (Å²) in [6.07, 6.45) is -9.95. The predicted octanol–water partition coefficient (Wildman–Crippen LogP) is 9.30. The Bertz CT molecular complexity index is 1120. The molecule has 0 aromatic heterocycles. The molecule has 2 aromatic rings. The van der Waals surface area contributed by atoms with Crippen LogP contribution >= 0.6 is 50.9 Å². The van der Waals surface area contributed by atoms with Crippen molar-refractivity contribution in [1.29, 1.82) is 0 Å². The van der Waals surface area contributed by atoms with Gasteiger partial charge in [0.1, 0.15) is 11.7 Å². The van der Waals surface area contributed by atoms with Crippen LogP contribution in [0.25, 0.3) is 5.83 Å². The fourth-order valence-electron chi connectivity index (χ4n) is 3.14. The van der Waals surface area contributed by atoms with Crippen molar-refractivity contribution in [3.63, 3.8) is 0 Å². The lowest BCUT2D eigenvalue weighted by atomic mass is 9.95. The number of benzene rings is 2. The van der Waals surface area contributed by atoms with E-state index >= 15 is 0 Å². The van der Waals surface area contributed by atoms with Gasteiger partial charge in [0.15, 0.2) is 0 Å². The fourth-order valence-corrected chi connectivity index (χ4v) is 4.55. The van der Waals surface area contributed by atoms with Crippen molar-refractivity contribution in [3.05, 3.63) is 73.2 Å². The molecule has 2 atom stereocenters. The maximum absolute atomic E-state index is 14.9. The molecular weight excluding hydrogens is 622 g/mol. The van der Waals surface area contributed by atoms with E-state index in [1.807, 2.05) is 6.92 Å². The Balaban J connectivity index is 2.51. The number of hydrogen-bond acceptors (Lipinski definition) is 2. The monoisotopic (exact) mass is 639 g/mol. The highest BCUT2D eigenvalue weighted by atomic mass is 79.9. The summed E-state index contributed by atoms with van der Waals surface area (Å²) in [4.78, 5) is 12.4. The maximum Gasteiger partial charge on any atom is 0.417 e. The number of hydrogen-bond donors (Lipinski definition) is 1. The van der Waals surface area contributed by atoms with E-state index in [0.29, 0.717) is 11.8 Å². The average Bonchev–Trinajstić information content (AvgIpc) is 2.77. The van der Waals surface area contributed by atoms with Crippen LogP contribution in [0, 0.1) is 0 Å². The van der Waals surface area contributed by atoms with Gasteiger partial charge >= 0.3 is 12.4 Å². The number of alkyl halides is 6. The van der Waals surface area contributed by atoms with Crippen molar-refractivity contribution < 1.29 is 35.5 Å². The van der Waals surface area contributed by atoms with Crippen LogP contribution in [0.1, 0.15) is 46.8 Å². The van der Waals surface area contributed by atoms with Gasteiger partial charge in [-0.25, -0.2) is 4.39 Å². The summed E-state index contributed by atoms with van der Waals surface area (Å²) in [7, 11) is 0. The van der Waals surface area contributed by atoms with Gasteiger partial charge in [-0.05, 0) is 64.5 Å². The molecule has 0 bridgehead atoms. The van der Waals surface area contributed by atoms with Crippen LogP contribution in [0.4, 0.5) is 30.7 Å². The minimum Gasteiger partial charge on any atom is -0.349 e. The molecule has 2 unspecified atom stereocenters. The molecule has 2 nitrogen and oxygen atoms in total. The van der Waals surface area contributed by atoms with E-state index in [9.17, 15) is 35.5 Å².